The van der Waals surface area contributed by atoms with Gasteiger partial charge in [-0.15, -0.1) is 11.3 Å². The lowest BCUT2D eigenvalue weighted by Crippen LogP contribution is -2.76. The number of nitrogens with one attached hydrogen (secondary N) is 2. The van der Waals surface area contributed by atoms with Gasteiger partial charge in [0.15, 0.2) is 16.9 Å². The van der Waals surface area contributed by atoms with Crippen molar-refractivity contribution in [3.63, 3.8) is 0 Å². The quantitative estimate of drug-likeness (QED) is 0.0550. The lowest BCUT2D eigenvalue weighted by molar-refractivity contribution is -0.384. The highest BCUT2D eigenvalue weighted by Gasteiger charge is 2.58. The number of hydrogen-bond acceptors (Lipinski definition) is 15. The molecule has 2 atom stereocenters. The minimum atomic E-state index is -5.18. The van der Waals surface area contributed by atoms with Gasteiger partial charge in [0.1, 0.15) is 18.3 Å². The largest absolute Gasteiger partial charge is 0.458 e. The molecule has 1 aromatic carbocycles. The smallest absolute Gasteiger partial charge is 0.363 e. The molecule has 0 spiro atoms. The highest BCUT2D eigenvalue weighted by molar-refractivity contribution is 7.84. The molecule has 3 rings (SSSR count). The molecule has 0 unspecified atom stereocenters. The molecule has 1 aliphatic rings. The number of nitrogen functional groups attached to an aromatic ring is 1. The van der Waals surface area contributed by atoms with Gasteiger partial charge in [-0.05, 0) is 31.5 Å². The lowest BCUT2D eigenvalue weighted by Gasteiger charge is -2.42. The Morgan fingerprint density at radius 3 is 2.45 bits per heavy atom. The number of carbonyl (C=O) groups is 4. The van der Waals surface area contributed by atoms with Crippen molar-refractivity contribution in [1.82, 2.24) is 20.1 Å². The standard InChI is InChI=1S/C21H23N7O12S2/c1-21(2,19(32)39-8-10-4-6-11(7-5-10)28(33)34)40-25-13(12-9-41-20(22)23-12)16(29)24-14-15(17(30)26-38-3)27(18(14)31)42(35,36)37/h4-7,9,14-15H,8H2,1-3H3,(H2,22,23)(H,24,29)(H,26,30)(H,35,36,37)/t14-,15-/m0/s1. The number of anilines is 1. The average molecular weight is 630 g/mol. The second kappa shape index (κ2) is 12.4. The lowest BCUT2D eigenvalue weighted by atomic mass is 9.97. The number of carbonyl (C=O) groups excluding carboxylic acids is 4. The van der Waals surface area contributed by atoms with E-state index >= 15 is 0 Å². The number of benzene rings is 1. The predicted octanol–water partition coefficient (Wildman–Crippen LogP) is -0.948. The van der Waals surface area contributed by atoms with E-state index in [2.05, 4.69) is 20.3 Å². The average Bonchev–Trinajstić information content (AvgIpc) is 3.33. The summed E-state index contributed by atoms with van der Waals surface area (Å²) in [7, 11) is -4.16. The van der Waals surface area contributed by atoms with Crippen LogP contribution in [0.2, 0.25) is 0 Å². The van der Waals surface area contributed by atoms with Crippen LogP contribution in [0.15, 0.2) is 34.8 Å². The van der Waals surface area contributed by atoms with Crippen LogP contribution >= 0.6 is 11.3 Å². The van der Waals surface area contributed by atoms with Crippen LogP contribution in [0.4, 0.5) is 10.8 Å². The zero-order chi connectivity index (χ0) is 31.4. The van der Waals surface area contributed by atoms with E-state index in [4.69, 9.17) is 15.3 Å². The first-order valence-electron chi connectivity index (χ1n) is 11.4. The van der Waals surface area contributed by atoms with Crippen molar-refractivity contribution in [3.05, 3.63) is 51.0 Å². The molecule has 1 saturated heterocycles. The van der Waals surface area contributed by atoms with Crippen LogP contribution < -0.4 is 16.5 Å². The molecule has 3 amide bonds. The third kappa shape index (κ3) is 7.12. The summed E-state index contributed by atoms with van der Waals surface area (Å²) in [6.07, 6.45) is 0. The maximum absolute atomic E-state index is 13.1. The van der Waals surface area contributed by atoms with Crippen molar-refractivity contribution in [2.24, 2.45) is 5.16 Å². The number of nitrogens with two attached hydrogens (primary N) is 1. The van der Waals surface area contributed by atoms with E-state index in [1.165, 1.54) is 43.5 Å². The fraction of sp³-hybridized carbons (Fsp3) is 0.333. The highest BCUT2D eigenvalue weighted by Crippen LogP contribution is 2.25. The third-order valence-electron chi connectivity index (χ3n) is 5.41. The summed E-state index contributed by atoms with van der Waals surface area (Å²) in [4.78, 5) is 74.4. The van der Waals surface area contributed by atoms with E-state index in [0.717, 1.165) is 18.4 Å². The van der Waals surface area contributed by atoms with Crippen LogP contribution in [0.3, 0.4) is 0 Å². The number of β-lactam (4-membered cyclic amide) rings is 1. The van der Waals surface area contributed by atoms with E-state index in [0.29, 0.717) is 5.56 Å². The molecule has 226 valence electrons. The number of nitro benzene ring substituents is 1. The Labute approximate surface area is 240 Å². The predicted molar refractivity (Wildman–Crippen MR) is 140 cm³/mol. The van der Waals surface area contributed by atoms with Gasteiger partial charge < -0.3 is 20.6 Å². The fourth-order valence-electron chi connectivity index (χ4n) is 3.32. The summed E-state index contributed by atoms with van der Waals surface area (Å²) in [6.45, 7) is 2.23. The number of rotatable bonds is 12. The number of hydrogen-bond donors (Lipinski definition) is 4. The zero-order valence-electron chi connectivity index (χ0n) is 21.9. The molecule has 0 saturated carbocycles. The maximum Gasteiger partial charge on any atom is 0.363 e. The summed E-state index contributed by atoms with van der Waals surface area (Å²) in [6, 6.07) is 1.51. The van der Waals surface area contributed by atoms with Gasteiger partial charge in [-0.25, -0.2) is 15.3 Å². The van der Waals surface area contributed by atoms with Gasteiger partial charge in [-0.2, -0.15) is 12.7 Å². The van der Waals surface area contributed by atoms with Gasteiger partial charge >= 0.3 is 16.3 Å². The van der Waals surface area contributed by atoms with Crippen molar-refractivity contribution >= 4 is 61.9 Å². The molecule has 5 N–H and O–H groups in total. The molecular formula is C21H23N7O12S2. The number of ether oxygens (including phenoxy) is 1. The Hall–Kier alpha value is -4.73. The Bertz CT molecular complexity index is 1540. The topological polar surface area (TPSA) is 272 Å². The fourth-order valence-corrected chi connectivity index (χ4v) is 4.72. The van der Waals surface area contributed by atoms with Crippen LogP contribution in [0.25, 0.3) is 0 Å². The molecule has 42 heavy (non-hydrogen) atoms. The summed E-state index contributed by atoms with van der Waals surface area (Å²) in [5.74, 6) is -4.68. The Balaban J connectivity index is 1.79. The number of nitro groups is 1. The first-order chi connectivity index (χ1) is 19.6. The maximum atomic E-state index is 13.1. The molecule has 2 heterocycles. The first-order valence-corrected chi connectivity index (χ1v) is 13.7. The van der Waals surface area contributed by atoms with Crippen molar-refractivity contribution < 1.29 is 51.5 Å². The number of non-ortho nitro benzene ring substituents is 1. The van der Waals surface area contributed by atoms with Gasteiger partial charge in [-0.3, -0.25) is 33.9 Å². The Kier molecular flexibility index (Phi) is 9.40. The number of oxime groups is 1. The molecule has 1 fully saturated rings. The molecule has 2 aromatic rings. The molecule has 0 radical (unpaired) electrons. The van der Waals surface area contributed by atoms with Crippen molar-refractivity contribution in [2.75, 3.05) is 12.8 Å². The number of aromatic nitrogens is 1. The summed E-state index contributed by atoms with van der Waals surface area (Å²) in [5.41, 5.74) is 5.11. The Morgan fingerprint density at radius 1 is 1.29 bits per heavy atom. The minimum absolute atomic E-state index is 0.00175. The van der Waals surface area contributed by atoms with Crippen LogP contribution in [0.5, 0.6) is 0 Å². The van der Waals surface area contributed by atoms with Crippen molar-refractivity contribution in [3.8, 4) is 0 Å². The van der Waals surface area contributed by atoms with Gasteiger partial charge in [0, 0.05) is 17.5 Å². The van der Waals surface area contributed by atoms with Crippen molar-refractivity contribution in [2.45, 2.75) is 38.1 Å². The summed E-state index contributed by atoms with van der Waals surface area (Å²) in [5, 5.41) is 17.9. The van der Waals surface area contributed by atoms with Crippen LogP contribution in [0, 0.1) is 10.1 Å². The SMILES string of the molecule is CONC(=O)[C@@H]1[C@H](NC(=O)C(=NOC(C)(C)C(=O)OCc2ccc([N+](=O)[O-])cc2)c2csc(N)n2)C(=O)N1S(=O)(=O)O. The van der Waals surface area contributed by atoms with E-state index in [1.807, 2.05) is 0 Å². The molecule has 21 heteroatoms. The number of amides is 3. The second-order valence-electron chi connectivity index (χ2n) is 8.79. The Morgan fingerprint density at radius 2 is 1.93 bits per heavy atom. The zero-order valence-corrected chi connectivity index (χ0v) is 23.5. The molecule has 0 aliphatic carbocycles. The molecular weight excluding hydrogens is 606 g/mol. The number of esters is 1. The number of nitrogens with zero attached hydrogens (tertiary/aromatic N) is 4. The summed E-state index contributed by atoms with van der Waals surface area (Å²) < 4.78 is 37.5. The molecule has 19 nitrogen and oxygen atoms in total. The van der Waals surface area contributed by atoms with Crippen LogP contribution in [0.1, 0.15) is 25.1 Å². The van der Waals surface area contributed by atoms with Crippen LogP contribution in [-0.2, 0) is 50.5 Å². The second-order valence-corrected chi connectivity index (χ2v) is 11.0. The highest BCUT2D eigenvalue weighted by atomic mass is 32.2. The van der Waals surface area contributed by atoms with Crippen molar-refractivity contribution in [1.29, 1.82) is 0 Å². The number of hydroxylamine groups is 1. The number of thiazole rings is 1. The summed E-state index contributed by atoms with van der Waals surface area (Å²) >= 11 is 0.902. The monoisotopic (exact) mass is 629 g/mol. The normalized spacial score (nSPS) is 17.2. The van der Waals surface area contributed by atoms with Gasteiger partial charge in [0.05, 0.1) is 12.0 Å². The first kappa shape index (κ1) is 31.8. The minimum Gasteiger partial charge on any atom is -0.458 e. The van der Waals surface area contributed by atoms with Gasteiger partial charge in [0.2, 0.25) is 5.60 Å². The van der Waals surface area contributed by atoms with E-state index in [-0.39, 0.29) is 27.4 Å². The van der Waals surface area contributed by atoms with E-state index in [9.17, 15) is 42.3 Å². The molecule has 1 aliphatic heterocycles. The molecule has 0 bridgehead atoms. The van der Waals surface area contributed by atoms with Gasteiger partial charge in [-0.1, -0.05) is 5.16 Å². The third-order valence-corrected chi connectivity index (χ3v) is 6.99. The van der Waals surface area contributed by atoms with E-state index in [1.54, 1.807) is 5.48 Å². The van der Waals surface area contributed by atoms with E-state index < -0.39 is 62.3 Å². The van der Waals surface area contributed by atoms with Crippen LogP contribution in [-0.4, -0.2) is 81.4 Å². The molecule has 1 aromatic heterocycles. The van der Waals surface area contributed by atoms with Gasteiger partial charge in [0.25, 0.3) is 23.4 Å².